The first-order chi connectivity index (χ1) is 8.87. The molecule has 0 saturated heterocycles. The maximum atomic E-state index is 13.0. The first-order valence-corrected chi connectivity index (χ1v) is 5.98. The molecular formula is C11H19F4NO3. The number of carbonyl (C=O) groups excluding carboxylic acids is 1. The van der Waals surface area contributed by atoms with Gasteiger partial charge in [-0.1, -0.05) is 0 Å². The summed E-state index contributed by atoms with van der Waals surface area (Å²) in [7, 11) is 0. The van der Waals surface area contributed by atoms with E-state index in [9.17, 15) is 22.4 Å². The lowest BCUT2D eigenvalue weighted by atomic mass is 10.3. The fourth-order valence-corrected chi connectivity index (χ4v) is 1.26. The Bertz CT molecular complexity index is 254. The molecule has 0 aromatic rings. The van der Waals surface area contributed by atoms with Gasteiger partial charge in [-0.05, 0) is 13.8 Å². The van der Waals surface area contributed by atoms with Crippen molar-refractivity contribution >= 4 is 5.91 Å². The lowest BCUT2D eigenvalue weighted by Crippen LogP contribution is -2.49. The number of carbonyl (C=O) groups is 1. The van der Waals surface area contributed by atoms with Gasteiger partial charge in [-0.2, -0.15) is 8.78 Å². The molecule has 0 N–H and O–H groups in total. The first-order valence-electron chi connectivity index (χ1n) is 5.98. The highest BCUT2D eigenvalue weighted by atomic mass is 19.3. The molecule has 19 heavy (non-hydrogen) atoms. The minimum Gasteiger partial charge on any atom is -0.380 e. The normalized spacial score (nSPS) is 11.9. The number of hydrogen-bond donors (Lipinski definition) is 0. The molecule has 0 bridgehead atoms. The molecule has 0 aromatic heterocycles. The van der Waals surface area contributed by atoms with Crippen molar-refractivity contribution in [2.75, 3.05) is 39.5 Å². The maximum Gasteiger partial charge on any atom is 0.383 e. The predicted molar refractivity (Wildman–Crippen MR) is 60.5 cm³/mol. The van der Waals surface area contributed by atoms with Crippen molar-refractivity contribution in [1.82, 2.24) is 4.90 Å². The summed E-state index contributed by atoms with van der Waals surface area (Å²) in [4.78, 5) is 12.0. The Kier molecular flexibility index (Phi) is 8.66. The van der Waals surface area contributed by atoms with Gasteiger partial charge in [-0.25, -0.2) is 8.78 Å². The molecule has 0 spiro atoms. The summed E-state index contributed by atoms with van der Waals surface area (Å²) >= 11 is 0. The van der Waals surface area contributed by atoms with Crippen molar-refractivity contribution in [2.45, 2.75) is 26.2 Å². The molecule has 4 nitrogen and oxygen atoms in total. The van der Waals surface area contributed by atoms with Crippen LogP contribution in [0, 0.1) is 0 Å². The van der Waals surface area contributed by atoms with E-state index in [1.165, 1.54) is 0 Å². The summed E-state index contributed by atoms with van der Waals surface area (Å²) in [5.41, 5.74) is 0. The Morgan fingerprint density at radius 2 is 1.53 bits per heavy atom. The van der Waals surface area contributed by atoms with Gasteiger partial charge in [0.15, 0.2) is 0 Å². The van der Waals surface area contributed by atoms with Crippen LogP contribution in [0.5, 0.6) is 0 Å². The molecule has 0 aromatic carbocycles. The van der Waals surface area contributed by atoms with Gasteiger partial charge in [0.2, 0.25) is 0 Å². The highest BCUT2D eigenvalue weighted by Crippen LogP contribution is 2.25. The van der Waals surface area contributed by atoms with Crippen molar-refractivity contribution in [1.29, 1.82) is 0 Å². The molecule has 0 aliphatic heterocycles. The fourth-order valence-electron chi connectivity index (χ4n) is 1.26. The molecule has 0 heterocycles. The second-order valence-corrected chi connectivity index (χ2v) is 3.61. The van der Waals surface area contributed by atoms with Crippen LogP contribution >= 0.6 is 0 Å². The molecule has 0 fully saturated rings. The molecular weight excluding hydrogens is 270 g/mol. The van der Waals surface area contributed by atoms with Crippen LogP contribution < -0.4 is 0 Å². The Hall–Kier alpha value is -0.890. The summed E-state index contributed by atoms with van der Waals surface area (Å²) < 4.78 is 60.1. The van der Waals surface area contributed by atoms with Gasteiger partial charge in [-0.15, -0.1) is 0 Å². The number of hydrogen-bond acceptors (Lipinski definition) is 3. The molecule has 0 unspecified atom stereocenters. The third-order valence-corrected chi connectivity index (χ3v) is 2.27. The minimum absolute atomic E-state index is 0.00762. The van der Waals surface area contributed by atoms with Crippen LogP contribution in [0.1, 0.15) is 13.8 Å². The van der Waals surface area contributed by atoms with Crippen LogP contribution in [0.2, 0.25) is 0 Å². The van der Waals surface area contributed by atoms with Crippen molar-refractivity contribution in [3.05, 3.63) is 0 Å². The number of halogens is 4. The average molecular weight is 289 g/mol. The number of amides is 1. The summed E-state index contributed by atoms with van der Waals surface area (Å²) in [5.74, 6) is -6.58. The summed E-state index contributed by atoms with van der Waals surface area (Å²) in [6, 6.07) is 0. The van der Waals surface area contributed by atoms with Crippen LogP contribution in [-0.2, 0) is 14.3 Å². The molecule has 114 valence electrons. The van der Waals surface area contributed by atoms with E-state index in [2.05, 4.69) is 0 Å². The highest BCUT2D eigenvalue weighted by Gasteiger charge is 2.50. The molecule has 8 heteroatoms. The second-order valence-electron chi connectivity index (χ2n) is 3.61. The summed E-state index contributed by atoms with van der Waals surface area (Å²) in [6.45, 7) is 3.74. The van der Waals surface area contributed by atoms with Gasteiger partial charge < -0.3 is 14.4 Å². The molecule has 0 atom stereocenters. The second kappa shape index (κ2) is 9.08. The fraction of sp³-hybridized carbons (Fsp3) is 0.909. The van der Waals surface area contributed by atoms with Crippen molar-refractivity contribution in [2.24, 2.45) is 0 Å². The largest absolute Gasteiger partial charge is 0.383 e. The lowest BCUT2D eigenvalue weighted by Gasteiger charge is -2.26. The zero-order valence-electron chi connectivity index (χ0n) is 11.0. The van der Waals surface area contributed by atoms with E-state index in [-0.39, 0.29) is 26.3 Å². The van der Waals surface area contributed by atoms with Crippen molar-refractivity contribution in [3.8, 4) is 0 Å². The molecule has 0 rings (SSSR count). The predicted octanol–water partition coefficient (Wildman–Crippen LogP) is 1.79. The van der Waals surface area contributed by atoms with Gasteiger partial charge in [0, 0.05) is 26.3 Å². The van der Waals surface area contributed by atoms with Gasteiger partial charge in [0.05, 0.1) is 13.2 Å². The van der Waals surface area contributed by atoms with Crippen LogP contribution in [0.25, 0.3) is 0 Å². The number of ether oxygens (including phenoxy) is 2. The van der Waals surface area contributed by atoms with E-state index >= 15 is 0 Å². The number of alkyl halides is 4. The molecule has 0 aliphatic carbocycles. The van der Waals surface area contributed by atoms with E-state index in [0.717, 1.165) is 0 Å². The molecule has 1 amide bonds. The minimum atomic E-state index is -4.68. The smallest absolute Gasteiger partial charge is 0.380 e. The SMILES string of the molecule is CCOCCN(CCOCC)C(=O)C(F)(F)C(F)F. The van der Waals surface area contributed by atoms with Gasteiger partial charge in [0.25, 0.3) is 5.91 Å². The zero-order chi connectivity index (χ0) is 14.9. The molecule has 0 aliphatic rings. The van der Waals surface area contributed by atoms with Crippen LogP contribution in [0.3, 0.4) is 0 Å². The quantitative estimate of drug-likeness (QED) is 0.454. The summed E-state index contributed by atoms with van der Waals surface area (Å²) in [6.07, 6.45) is -4.03. The van der Waals surface area contributed by atoms with Crippen LogP contribution in [-0.4, -0.2) is 62.7 Å². The Balaban J connectivity index is 4.56. The van der Waals surface area contributed by atoms with E-state index in [4.69, 9.17) is 9.47 Å². The molecule has 0 saturated carbocycles. The van der Waals surface area contributed by atoms with Crippen molar-refractivity contribution in [3.63, 3.8) is 0 Å². The van der Waals surface area contributed by atoms with E-state index < -0.39 is 18.3 Å². The summed E-state index contributed by atoms with van der Waals surface area (Å²) in [5, 5.41) is 0. The first kappa shape index (κ1) is 18.1. The highest BCUT2D eigenvalue weighted by molar-refractivity contribution is 5.84. The van der Waals surface area contributed by atoms with Gasteiger partial charge >= 0.3 is 12.3 Å². The van der Waals surface area contributed by atoms with Crippen LogP contribution in [0.15, 0.2) is 0 Å². The Morgan fingerprint density at radius 1 is 1.11 bits per heavy atom. The molecule has 0 radical (unpaired) electrons. The third-order valence-electron chi connectivity index (χ3n) is 2.27. The third kappa shape index (κ3) is 6.20. The zero-order valence-corrected chi connectivity index (χ0v) is 11.0. The maximum absolute atomic E-state index is 13.0. The topological polar surface area (TPSA) is 38.8 Å². The van der Waals surface area contributed by atoms with E-state index in [1.807, 2.05) is 0 Å². The Morgan fingerprint density at radius 3 is 1.84 bits per heavy atom. The average Bonchev–Trinajstić information content (AvgIpc) is 2.36. The van der Waals surface area contributed by atoms with Gasteiger partial charge in [-0.3, -0.25) is 4.79 Å². The standard InChI is InChI=1S/C11H19F4NO3/c1-3-18-7-5-16(6-8-19-4-2)10(17)11(14,15)9(12)13/h9H,3-8H2,1-2H3. The lowest BCUT2D eigenvalue weighted by molar-refractivity contribution is -0.181. The van der Waals surface area contributed by atoms with E-state index in [0.29, 0.717) is 18.1 Å². The van der Waals surface area contributed by atoms with E-state index in [1.54, 1.807) is 13.8 Å². The number of rotatable bonds is 10. The van der Waals surface area contributed by atoms with Gasteiger partial charge in [0.1, 0.15) is 0 Å². The Labute approximate surface area is 109 Å². The number of nitrogens with zero attached hydrogens (tertiary/aromatic N) is 1. The van der Waals surface area contributed by atoms with Crippen LogP contribution in [0.4, 0.5) is 17.6 Å². The monoisotopic (exact) mass is 289 g/mol. The van der Waals surface area contributed by atoms with Crippen molar-refractivity contribution < 1.29 is 31.8 Å².